The van der Waals surface area contributed by atoms with Crippen LogP contribution in [0.3, 0.4) is 0 Å². The number of benzene rings is 1. The molecule has 0 aliphatic rings. The highest BCUT2D eigenvalue weighted by Gasteiger charge is 2.07. The number of hydrogen-bond donors (Lipinski definition) is 1. The molecule has 4 nitrogen and oxygen atoms in total. The Kier molecular flexibility index (Phi) is 4.43. The van der Waals surface area contributed by atoms with Crippen LogP contribution < -0.4 is 5.32 Å². The maximum absolute atomic E-state index is 13.4. The lowest BCUT2D eigenvalue weighted by Gasteiger charge is -2.04. The van der Waals surface area contributed by atoms with E-state index in [1.54, 1.807) is 10.7 Å². The molecule has 0 saturated heterocycles. The Bertz CT molecular complexity index is 527. The van der Waals surface area contributed by atoms with Gasteiger partial charge in [-0.25, -0.2) is 9.07 Å². The fourth-order valence-corrected chi connectivity index (χ4v) is 1.98. The highest BCUT2D eigenvalue weighted by atomic mass is 79.9. The number of halogens is 2. The van der Waals surface area contributed by atoms with E-state index in [1.165, 1.54) is 6.07 Å². The predicted molar refractivity (Wildman–Crippen MR) is 70.6 cm³/mol. The highest BCUT2D eigenvalue weighted by Crippen LogP contribution is 2.20. The molecule has 2 rings (SSSR count). The molecule has 0 unspecified atom stereocenters. The third-order valence-corrected chi connectivity index (χ3v) is 3.39. The number of hydrogen-bond acceptors (Lipinski definition) is 3. The van der Waals surface area contributed by atoms with E-state index >= 15 is 0 Å². The maximum Gasteiger partial charge on any atom is 0.137 e. The molecule has 1 N–H and O–H groups in total. The average molecular weight is 313 g/mol. The molecule has 96 valence electrons. The van der Waals surface area contributed by atoms with Crippen molar-refractivity contribution in [1.82, 2.24) is 20.3 Å². The first-order chi connectivity index (χ1) is 8.70. The van der Waals surface area contributed by atoms with E-state index in [0.717, 1.165) is 17.8 Å². The smallest absolute Gasteiger partial charge is 0.137 e. The van der Waals surface area contributed by atoms with E-state index < -0.39 is 0 Å². The molecule has 0 spiro atoms. The van der Waals surface area contributed by atoms with Crippen molar-refractivity contribution in [3.8, 4) is 0 Å². The van der Waals surface area contributed by atoms with Crippen LogP contribution in [0, 0.1) is 5.82 Å². The Morgan fingerprint density at radius 3 is 3.06 bits per heavy atom. The third kappa shape index (κ3) is 3.14. The van der Waals surface area contributed by atoms with E-state index in [1.807, 2.05) is 19.2 Å². The molecule has 0 amide bonds. The van der Waals surface area contributed by atoms with Gasteiger partial charge in [0.05, 0.1) is 22.9 Å². The quantitative estimate of drug-likeness (QED) is 0.921. The fraction of sp³-hybridized carbons (Fsp3) is 0.333. The van der Waals surface area contributed by atoms with Crippen LogP contribution in [0.15, 0.2) is 28.9 Å². The van der Waals surface area contributed by atoms with Crippen molar-refractivity contribution in [2.75, 3.05) is 6.54 Å². The van der Waals surface area contributed by atoms with Crippen molar-refractivity contribution in [1.29, 1.82) is 0 Å². The van der Waals surface area contributed by atoms with Crippen LogP contribution in [0.5, 0.6) is 0 Å². The molecule has 0 aliphatic carbocycles. The topological polar surface area (TPSA) is 42.7 Å². The molecule has 1 aromatic heterocycles. The monoisotopic (exact) mass is 312 g/mol. The summed E-state index contributed by atoms with van der Waals surface area (Å²) in [5, 5.41) is 11.2. The Morgan fingerprint density at radius 2 is 2.28 bits per heavy atom. The summed E-state index contributed by atoms with van der Waals surface area (Å²) in [6, 6.07) is 4.97. The average Bonchev–Trinajstić information content (AvgIpc) is 2.80. The van der Waals surface area contributed by atoms with Crippen molar-refractivity contribution < 1.29 is 4.39 Å². The summed E-state index contributed by atoms with van der Waals surface area (Å²) in [6.45, 7) is 4.12. The van der Waals surface area contributed by atoms with Crippen LogP contribution >= 0.6 is 15.9 Å². The van der Waals surface area contributed by atoms with Gasteiger partial charge in [0.2, 0.25) is 0 Å². The largest absolute Gasteiger partial charge is 0.311 e. The van der Waals surface area contributed by atoms with Crippen molar-refractivity contribution in [2.45, 2.75) is 20.0 Å². The van der Waals surface area contributed by atoms with Crippen LogP contribution in [-0.4, -0.2) is 21.5 Å². The zero-order valence-electron chi connectivity index (χ0n) is 10.0. The zero-order chi connectivity index (χ0) is 13.0. The Morgan fingerprint density at radius 1 is 1.44 bits per heavy atom. The van der Waals surface area contributed by atoms with Crippen LogP contribution in [0.4, 0.5) is 4.39 Å². The van der Waals surface area contributed by atoms with Gasteiger partial charge in [-0.05, 0) is 34.1 Å². The number of rotatable bonds is 5. The molecule has 0 saturated carbocycles. The fourth-order valence-electron chi connectivity index (χ4n) is 1.59. The van der Waals surface area contributed by atoms with Gasteiger partial charge in [0.25, 0.3) is 0 Å². The van der Waals surface area contributed by atoms with Gasteiger partial charge in [-0.3, -0.25) is 0 Å². The predicted octanol–water partition coefficient (Wildman–Crippen LogP) is 2.34. The summed E-state index contributed by atoms with van der Waals surface area (Å²) in [4.78, 5) is 0. The summed E-state index contributed by atoms with van der Waals surface area (Å²) in [5.74, 6) is -0.263. The Hall–Kier alpha value is -1.27. The minimum Gasteiger partial charge on any atom is -0.311 e. The summed E-state index contributed by atoms with van der Waals surface area (Å²) >= 11 is 3.24. The lowest BCUT2D eigenvalue weighted by atomic mass is 10.2. The van der Waals surface area contributed by atoms with Crippen molar-refractivity contribution >= 4 is 15.9 Å². The van der Waals surface area contributed by atoms with Crippen molar-refractivity contribution in [3.05, 3.63) is 45.9 Å². The van der Waals surface area contributed by atoms with Crippen molar-refractivity contribution in [3.63, 3.8) is 0 Å². The first kappa shape index (κ1) is 13.2. The molecule has 18 heavy (non-hydrogen) atoms. The number of aromatic nitrogens is 3. The second-order valence-electron chi connectivity index (χ2n) is 3.90. The van der Waals surface area contributed by atoms with E-state index in [-0.39, 0.29) is 5.82 Å². The van der Waals surface area contributed by atoms with Gasteiger partial charge in [-0.1, -0.05) is 24.3 Å². The molecule has 1 aromatic carbocycles. The van der Waals surface area contributed by atoms with E-state index in [2.05, 4.69) is 31.6 Å². The number of nitrogens with one attached hydrogen (secondary N) is 1. The molecule has 6 heteroatoms. The molecule has 0 bridgehead atoms. The van der Waals surface area contributed by atoms with Crippen LogP contribution in [0.1, 0.15) is 18.2 Å². The molecular weight excluding hydrogens is 299 g/mol. The normalized spacial score (nSPS) is 10.8. The molecule has 0 atom stereocenters. The van der Waals surface area contributed by atoms with E-state index in [9.17, 15) is 4.39 Å². The summed E-state index contributed by atoms with van der Waals surface area (Å²) in [5.41, 5.74) is 1.72. The zero-order valence-corrected chi connectivity index (χ0v) is 11.6. The van der Waals surface area contributed by atoms with Crippen LogP contribution in [-0.2, 0) is 13.1 Å². The Balaban J connectivity index is 2.09. The van der Waals surface area contributed by atoms with Gasteiger partial charge in [0, 0.05) is 6.54 Å². The third-order valence-electron chi connectivity index (χ3n) is 2.51. The lowest BCUT2D eigenvalue weighted by molar-refractivity contribution is 0.606. The maximum atomic E-state index is 13.4. The van der Waals surface area contributed by atoms with Gasteiger partial charge >= 0.3 is 0 Å². The molecular formula is C12H14BrFN4. The van der Waals surface area contributed by atoms with Gasteiger partial charge in [-0.2, -0.15) is 0 Å². The van der Waals surface area contributed by atoms with Crippen LogP contribution in [0.2, 0.25) is 0 Å². The summed E-state index contributed by atoms with van der Waals surface area (Å²) < 4.78 is 15.5. The van der Waals surface area contributed by atoms with Gasteiger partial charge in [0.15, 0.2) is 0 Å². The molecule has 0 aliphatic heterocycles. The molecule has 1 heterocycles. The van der Waals surface area contributed by atoms with Gasteiger partial charge in [0.1, 0.15) is 5.82 Å². The first-order valence-corrected chi connectivity index (χ1v) is 6.52. The minimum absolute atomic E-state index is 0.263. The van der Waals surface area contributed by atoms with Gasteiger partial charge in [-0.15, -0.1) is 5.10 Å². The lowest BCUT2D eigenvalue weighted by Crippen LogP contribution is -2.11. The first-order valence-electron chi connectivity index (χ1n) is 5.73. The van der Waals surface area contributed by atoms with Crippen molar-refractivity contribution in [2.24, 2.45) is 0 Å². The second-order valence-corrected chi connectivity index (χ2v) is 4.69. The number of nitrogens with zero attached hydrogens (tertiary/aromatic N) is 3. The summed E-state index contributed by atoms with van der Waals surface area (Å²) in [7, 11) is 0. The van der Waals surface area contributed by atoms with E-state index in [4.69, 9.17) is 0 Å². The second kappa shape index (κ2) is 6.06. The highest BCUT2D eigenvalue weighted by molar-refractivity contribution is 9.10. The summed E-state index contributed by atoms with van der Waals surface area (Å²) in [6.07, 6.45) is 1.86. The van der Waals surface area contributed by atoms with E-state index in [0.29, 0.717) is 17.6 Å². The van der Waals surface area contributed by atoms with Gasteiger partial charge < -0.3 is 5.32 Å². The SMILES string of the molecule is CCNCc1cn(Cc2cccc(F)c2Br)nn1. The minimum atomic E-state index is -0.263. The molecule has 0 fully saturated rings. The Labute approximate surface area is 113 Å². The molecule has 2 aromatic rings. The van der Waals surface area contributed by atoms with Crippen LogP contribution in [0.25, 0.3) is 0 Å². The standard InChI is InChI=1S/C12H14BrFN4/c1-2-15-6-10-8-18(17-16-10)7-9-4-3-5-11(14)12(9)13/h3-5,8,15H,2,6-7H2,1H3. The molecule has 0 radical (unpaired) electrons.